The number of carbonyl (C=O) groups is 1. The zero-order valence-corrected chi connectivity index (χ0v) is 9.93. The van der Waals surface area contributed by atoms with Crippen LogP contribution in [0.2, 0.25) is 0 Å². The van der Waals surface area contributed by atoms with E-state index in [0.29, 0.717) is 24.7 Å². The zero-order chi connectivity index (χ0) is 12.8. The van der Waals surface area contributed by atoms with Crippen molar-refractivity contribution in [2.24, 2.45) is 7.05 Å². The maximum Gasteiger partial charge on any atom is 0.341 e. The lowest BCUT2D eigenvalue weighted by Crippen LogP contribution is -2.15. The van der Waals surface area contributed by atoms with Crippen molar-refractivity contribution in [3.05, 3.63) is 11.3 Å². The number of hydrogen-bond acceptors (Lipinski definition) is 5. The zero-order valence-electron chi connectivity index (χ0n) is 9.93. The Hall–Kier alpha value is -1.60. The number of carboxylic acid groups (broad SMARTS) is 1. The first-order valence-electron chi connectivity index (χ1n) is 5.27. The summed E-state index contributed by atoms with van der Waals surface area (Å²) in [5.41, 5.74) is 0.647. The van der Waals surface area contributed by atoms with Crippen molar-refractivity contribution in [3.63, 3.8) is 0 Å². The number of hydrogen-bond donors (Lipinski definition) is 3. The van der Waals surface area contributed by atoms with Gasteiger partial charge in [0.1, 0.15) is 11.4 Å². The van der Waals surface area contributed by atoms with Crippen LogP contribution in [0.1, 0.15) is 16.1 Å². The SMILES string of the molecule is Cc1nn(C)c(NCCOCCO)c1C(=O)O. The van der Waals surface area contributed by atoms with Crippen molar-refractivity contribution < 1.29 is 19.7 Å². The summed E-state index contributed by atoms with van der Waals surface area (Å²) in [6.45, 7) is 2.75. The molecule has 7 nitrogen and oxygen atoms in total. The molecule has 0 atom stereocenters. The van der Waals surface area contributed by atoms with Gasteiger partial charge in [0.05, 0.1) is 25.5 Å². The summed E-state index contributed by atoms with van der Waals surface area (Å²) in [5, 5.41) is 24.5. The fourth-order valence-electron chi connectivity index (χ4n) is 1.53. The van der Waals surface area contributed by atoms with Crippen molar-refractivity contribution in [2.75, 3.05) is 31.7 Å². The van der Waals surface area contributed by atoms with Crippen LogP contribution in [0, 0.1) is 6.92 Å². The lowest BCUT2D eigenvalue weighted by molar-refractivity contribution is 0.0697. The van der Waals surface area contributed by atoms with Crippen LogP contribution >= 0.6 is 0 Å². The molecule has 3 N–H and O–H groups in total. The topological polar surface area (TPSA) is 96.6 Å². The average molecular weight is 243 g/mol. The molecule has 1 rings (SSSR count). The van der Waals surface area contributed by atoms with Crippen LogP contribution in [-0.4, -0.2) is 52.3 Å². The molecule has 0 bridgehead atoms. The third-order valence-corrected chi connectivity index (χ3v) is 2.21. The molecule has 0 radical (unpaired) electrons. The number of carboxylic acids is 1. The first kappa shape index (κ1) is 13.5. The first-order valence-corrected chi connectivity index (χ1v) is 5.27. The van der Waals surface area contributed by atoms with Gasteiger partial charge in [0.25, 0.3) is 0 Å². The van der Waals surface area contributed by atoms with E-state index in [9.17, 15) is 4.79 Å². The molecule has 0 unspecified atom stereocenters. The summed E-state index contributed by atoms with van der Waals surface area (Å²) in [6.07, 6.45) is 0. The highest BCUT2D eigenvalue weighted by atomic mass is 16.5. The van der Waals surface area contributed by atoms with E-state index in [1.807, 2.05) is 0 Å². The van der Waals surface area contributed by atoms with Gasteiger partial charge in [0.15, 0.2) is 0 Å². The summed E-state index contributed by atoms with van der Waals surface area (Å²) < 4.78 is 6.55. The van der Waals surface area contributed by atoms with E-state index in [2.05, 4.69) is 10.4 Å². The summed E-state index contributed by atoms with van der Waals surface area (Å²) in [4.78, 5) is 11.0. The van der Waals surface area contributed by atoms with Crippen molar-refractivity contribution in [2.45, 2.75) is 6.92 Å². The number of ether oxygens (including phenoxy) is 1. The number of rotatable bonds is 7. The highest BCUT2D eigenvalue weighted by Crippen LogP contribution is 2.18. The van der Waals surface area contributed by atoms with Gasteiger partial charge < -0.3 is 20.3 Å². The lowest BCUT2D eigenvalue weighted by atomic mass is 10.2. The molecule has 0 spiro atoms. The smallest absolute Gasteiger partial charge is 0.341 e. The summed E-state index contributed by atoms with van der Waals surface area (Å²) >= 11 is 0. The third kappa shape index (κ3) is 3.43. The maximum absolute atomic E-state index is 11.0. The summed E-state index contributed by atoms with van der Waals surface area (Å²) in [6, 6.07) is 0. The number of aromatic nitrogens is 2. The minimum absolute atomic E-state index is 0.0226. The van der Waals surface area contributed by atoms with Crippen LogP contribution in [0.3, 0.4) is 0 Å². The van der Waals surface area contributed by atoms with Gasteiger partial charge in [0, 0.05) is 13.6 Å². The van der Waals surface area contributed by atoms with Crippen molar-refractivity contribution in [3.8, 4) is 0 Å². The van der Waals surface area contributed by atoms with Crippen LogP contribution in [-0.2, 0) is 11.8 Å². The monoisotopic (exact) mass is 243 g/mol. The molecular formula is C10H17N3O4. The molecule has 0 aliphatic carbocycles. The maximum atomic E-state index is 11.0. The van der Waals surface area contributed by atoms with Crippen LogP contribution in [0.25, 0.3) is 0 Å². The van der Waals surface area contributed by atoms with Gasteiger partial charge in [-0.25, -0.2) is 4.79 Å². The van der Waals surface area contributed by atoms with E-state index in [4.69, 9.17) is 14.9 Å². The van der Waals surface area contributed by atoms with Crippen molar-refractivity contribution >= 4 is 11.8 Å². The Morgan fingerprint density at radius 3 is 2.82 bits per heavy atom. The predicted molar refractivity (Wildman–Crippen MR) is 61.3 cm³/mol. The van der Waals surface area contributed by atoms with Crippen LogP contribution in [0.5, 0.6) is 0 Å². The fraction of sp³-hybridized carbons (Fsp3) is 0.600. The van der Waals surface area contributed by atoms with Crippen molar-refractivity contribution in [1.82, 2.24) is 9.78 Å². The third-order valence-electron chi connectivity index (χ3n) is 2.21. The molecule has 0 amide bonds. The average Bonchev–Trinajstić information content (AvgIpc) is 2.53. The van der Waals surface area contributed by atoms with Crippen LogP contribution in [0.15, 0.2) is 0 Å². The molecule has 96 valence electrons. The molecule has 7 heteroatoms. The Balaban J connectivity index is 2.61. The Morgan fingerprint density at radius 2 is 2.24 bits per heavy atom. The Morgan fingerprint density at radius 1 is 1.53 bits per heavy atom. The molecule has 0 fully saturated rings. The molecule has 0 aliphatic heterocycles. The van der Waals surface area contributed by atoms with E-state index < -0.39 is 5.97 Å². The molecule has 1 aromatic heterocycles. The largest absolute Gasteiger partial charge is 0.477 e. The minimum Gasteiger partial charge on any atom is -0.477 e. The molecule has 0 saturated heterocycles. The molecule has 1 heterocycles. The van der Waals surface area contributed by atoms with Crippen LogP contribution < -0.4 is 5.32 Å². The number of aryl methyl sites for hydroxylation is 2. The van der Waals surface area contributed by atoms with E-state index >= 15 is 0 Å². The number of aliphatic hydroxyl groups is 1. The van der Waals surface area contributed by atoms with E-state index in [1.54, 1.807) is 14.0 Å². The lowest BCUT2D eigenvalue weighted by Gasteiger charge is -2.08. The van der Waals surface area contributed by atoms with Crippen LogP contribution in [0.4, 0.5) is 5.82 Å². The number of nitrogens with zero attached hydrogens (tertiary/aromatic N) is 2. The normalized spacial score (nSPS) is 10.5. The number of aromatic carboxylic acids is 1. The van der Waals surface area contributed by atoms with Gasteiger partial charge >= 0.3 is 5.97 Å². The molecule has 1 aromatic rings. The van der Waals surface area contributed by atoms with Gasteiger partial charge in [-0.15, -0.1) is 0 Å². The van der Waals surface area contributed by atoms with Gasteiger partial charge in [-0.3, -0.25) is 4.68 Å². The van der Waals surface area contributed by atoms with E-state index in [1.165, 1.54) is 4.68 Å². The quantitative estimate of drug-likeness (QED) is 0.576. The first-order chi connectivity index (χ1) is 8.07. The predicted octanol–water partition coefficient (Wildman–Crippen LogP) is -0.152. The van der Waals surface area contributed by atoms with Crippen molar-refractivity contribution in [1.29, 1.82) is 0 Å². The Kier molecular flexibility index (Phi) is 4.92. The second-order valence-electron chi connectivity index (χ2n) is 3.50. The van der Waals surface area contributed by atoms with Gasteiger partial charge in [-0.2, -0.15) is 5.10 Å². The molecule has 0 aromatic carbocycles. The summed E-state index contributed by atoms with van der Waals surface area (Å²) in [7, 11) is 1.68. The minimum atomic E-state index is -1.01. The highest BCUT2D eigenvalue weighted by molar-refractivity contribution is 5.94. The van der Waals surface area contributed by atoms with Gasteiger partial charge in [0.2, 0.25) is 0 Å². The number of nitrogens with one attached hydrogen (secondary N) is 1. The van der Waals surface area contributed by atoms with E-state index in [0.717, 1.165) is 0 Å². The summed E-state index contributed by atoms with van der Waals surface area (Å²) in [5.74, 6) is -0.544. The fourth-order valence-corrected chi connectivity index (χ4v) is 1.53. The van der Waals surface area contributed by atoms with Gasteiger partial charge in [-0.1, -0.05) is 0 Å². The van der Waals surface area contributed by atoms with Gasteiger partial charge in [-0.05, 0) is 6.92 Å². The Bertz CT molecular complexity index is 389. The molecule has 0 saturated carbocycles. The Labute approximate surface area is 99.0 Å². The van der Waals surface area contributed by atoms with E-state index in [-0.39, 0.29) is 18.8 Å². The second kappa shape index (κ2) is 6.21. The number of aliphatic hydroxyl groups excluding tert-OH is 1. The molecule has 17 heavy (non-hydrogen) atoms. The number of anilines is 1. The standard InChI is InChI=1S/C10H17N3O4/c1-7-8(10(15)16)9(13(2)12-7)11-3-5-17-6-4-14/h11,14H,3-6H2,1-2H3,(H,15,16). The highest BCUT2D eigenvalue weighted by Gasteiger charge is 2.18. The molecular weight excluding hydrogens is 226 g/mol. The molecule has 0 aliphatic rings. The second-order valence-corrected chi connectivity index (χ2v) is 3.50.